The van der Waals surface area contributed by atoms with Crippen molar-refractivity contribution < 1.29 is 5.73 Å². The molecule has 0 radical (unpaired) electrons. The van der Waals surface area contributed by atoms with Gasteiger partial charge >= 0.3 is 0 Å². The summed E-state index contributed by atoms with van der Waals surface area (Å²) in [5.74, 6) is 0.677. The predicted molar refractivity (Wildman–Crippen MR) is 191 cm³/mol. The van der Waals surface area contributed by atoms with E-state index >= 15 is 0 Å². The van der Waals surface area contributed by atoms with Crippen LogP contribution in [-0.2, 0) is 0 Å². The lowest BCUT2D eigenvalue weighted by atomic mass is 9.81. The maximum atomic E-state index is 4.22. The number of benzene rings is 5. The van der Waals surface area contributed by atoms with E-state index < -0.39 is 0 Å². The molecule has 0 amide bonds. The van der Waals surface area contributed by atoms with Gasteiger partial charge in [-0.3, -0.25) is 0 Å². The molecule has 0 fully saturated rings. The fourth-order valence-corrected chi connectivity index (χ4v) is 8.18. The summed E-state index contributed by atoms with van der Waals surface area (Å²) in [6.45, 7) is 9.32. The van der Waals surface area contributed by atoms with Crippen LogP contribution in [0.3, 0.4) is 0 Å². The molecular formula is C42H42N3+. The highest BCUT2D eigenvalue weighted by Gasteiger charge is 2.40. The van der Waals surface area contributed by atoms with Crippen molar-refractivity contribution in [1.82, 2.24) is 0 Å². The third-order valence-electron chi connectivity index (χ3n) is 10.7. The van der Waals surface area contributed by atoms with Gasteiger partial charge in [0, 0.05) is 49.1 Å². The zero-order valence-corrected chi connectivity index (χ0v) is 27.3. The first-order valence-electron chi connectivity index (χ1n) is 16.3. The van der Waals surface area contributed by atoms with Crippen LogP contribution in [0.25, 0.3) is 27.5 Å². The molecule has 8 rings (SSSR count). The van der Waals surface area contributed by atoms with E-state index in [1.54, 1.807) is 0 Å². The minimum absolute atomic E-state index is 0.249. The van der Waals surface area contributed by atoms with E-state index in [4.69, 9.17) is 0 Å². The van der Waals surface area contributed by atoms with Crippen LogP contribution < -0.4 is 15.5 Å². The van der Waals surface area contributed by atoms with E-state index in [0.29, 0.717) is 11.8 Å². The van der Waals surface area contributed by atoms with Gasteiger partial charge in [0.05, 0.1) is 5.54 Å². The van der Waals surface area contributed by atoms with Crippen molar-refractivity contribution in [1.29, 1.82) is 0 Å². The highest BCUT2D eigenvalue weighted by atomic mass is 15.2. The minimum Gasteiger partial charge on any atom is -0.378 e. The molecule has 0 bridgehead atoms. The Hall–Kier alpha value is -4.60. The molecule has 3 atom stereocenters. The molecule has 0 saturated heterocycles. The van der Waals surface area contributed by atoms with Crippen LogP contribution in [0.2, 0.25) is 0 Å². The Morgan fingerprint density at radius 1 is 0.667 bits per heavy atom. The number of rotatable bonds is 4. The average Bonchev–Trinajstić information content (AvgIpc) is 3.46. The molecule has 5 aromatic carbocycles. The second kappa shape index (κ2) is 9.95. The van der Waals surface area contributed by atoms with Crippen molar-refractivity contribution in [3.8, 4) is 11.1 Å². The molecule has 3 unspecified atom stereocenters. The van der Waals surface area contributed by atoms with E-state index in [1.807, 2.05) is 0 Å². The summed E-state index contributed by atoms with van der Waals surface area (Å²) < 4.78 is 0. The third kappa shape index (κ3) is 4.29. The van der Waals surface area contributed by atoms with E-state index in [0.717, 1.165) is 12.1 Å². The second-order valence-corrected chi connectivity index (χ2v) is 14.0. The molecule has 0 spiro atoms. The molecule has 0 saturated carbocycles. The number of anilines is 3. The van der Waals surface area contributed by atoms with Crippen LogP contribution >= 0.6 is 0 Å². The largest absolute Gasteiger partial charge is 0.378 e. The Bertz CT molecular complexity index is 2100. The lowest BCUT2D eigenvalue weighted by Crippen LogP contribution is -2.43. The number of quaternary nitrogens is 1. The van der Waals surface area contributed by atoms with Gasteiger partial charge in [0.1, 0.15) is 5.69 Å². The van der Waals surface area contributed by atoms with Gasteiger partial charge in [-0.15, -0.1) is 0 Å². The molecule has 45 heavy (non-hydrogen) atoms. The Morgan fingerprint density at radius 3 is 2.07 bits per heavy atom. The van der Waals surface area contributed by atoms with Crippen LogP contribution in [-0.4, -0.2) is 19.6 Å². The number of fused-ring (bicyclic) bond motifs is 7. The summed E-state index contributed by atoms with van der Waals surface area (Å²) in [5, 5.41) is 2.56. The molecule has 5 aromatic rings. The summed E-state index contributed by atoms with van der Waals surface area (Å²) in [6.07, 6.45) is 6.02. The van der Waals surface area contributed by atoms with E-state index in [1.165, 1.54) is 77.9 Å². The monoisotopic (exact) mass is 588 g/mol. The van der Waals surface area contributed by atoms with Crippen molar-refractivity contribution in [2.24, 2.45) is 0 Å². The SMILES string of the molecule is Cc1ccc2cc(N(c3ccc4c(c3)C(C)c3cc([NH3+])ccc3-4)C3(C)C=C4C(=CC3)c3ccc(N(C)C)cc3C4C)ccc2c1. The van der Waals surface area contributed by atoms with Crippen molar-refractivity contribution >= 4 is 39.1 Å². The van der Waals surface area contributed by atoms with Crippen molar-refractivity contribution in [2.45, 2.75) is 51.5 Å². The standard InChI is InChI=1S/C42H41N3/c1-25-7-8-29-20-32(11-9-28(29)19-25)45(33-13-16-35-34-14-10-30(43)21-38(34)26(2)40(35)23-33)42(4)18-17-37-36-15-12-31(44(5)6)22-39(36)27(3)41(37)24-42/h7-17,19-24,26-27H,18,43H2,1-6H3/p+1. The maximum absolute atomic E-state index is 4.22. The van der Waals surface area contributed by atoms with Gasteiger partial charge < -0.3 is 15.5 Å². The van der Waals surface area contributed by atoms with Crippen LogP contribution in [0.1, 0.15) is 66.8 Å². The molecule has 3 aliphatic carbocycles. The Balaban J connectivity index is 1.28. The van der Waals surface area contributed by atoms with Crippen molar-refractivity contribution in [2.75, 3.05) is 23.9 Å². The fraction of sp³-hybridized carbons (Fsp3) is 0.238. The van der Waals surface area contributed by atoms with E-state index in [-0.39, 0.29) is 5.54 Å². The predicted octanol–water partition coefficient (Wildman–Crippen LogP) is 9.65. The summed E-state index contributed by atoms with van der Waals surface area (Å²) >= 11 is 0. The summed E-state index contributed by atoms with van der Waals surface area (Å²) in [5.41, 5.74) is 21.2. The van der Waals surface area contributed by atoms with Gasteiger partial charge in [0.15, 0.2) is 0 Å². The molecule has 0 heterocycles. The highest BCUT2D eigenvalue weighted by Crippen LogP contribution is 2.53. The zero-order chi connectivity index (χ0) is 31.2. The second-order valence-electron chi connectivity index (χ2n) is 14.0. The Labute approximate surface area is 267 Å². The number of hydrogen-bond donors (Lipinski definition) is 1. The molecule has 3 N–H and O–H groups in total. The van der Waals surface area contributed by atoms with Crippen LogP contribution in [0.15, 0.2) is 109 Å². The molecule has 3 heteroatoms. The molecule has 224 valence electrons. The summed E-state index contributed by atoms with van der Waals surface area (Å²) in [4.78, 5) is 4.81. The molecule has 0 aliphatic heterocycles. The van der Waals surface area contributed by atoms with Crippen LogP contribution in [0.4, 0.5) is 22.7 Å². The first-order chi connectivity index (χ1) is 21.6. The minimum atomic E-state index is -0.249. The normalized spacial score (nSPS) is 21.0. The third-order valence-corrected chi connectivity index (χ3v) is 10.7. The van der Waals surface area contributed by atoms with Crippen molar-refractivity contribution in [3.05, 3.63) is 137 Å². The maximum Gasteiger partial charge on any atom is 0.128 e. The Morgan fingerprint density at radius 2 is 1.27 bits per heavy atom. The zero-order valence-electron chi connectivity index (χ0n) is 27.3. The van der Waals surface area contributed by atoms with Crippen molar-refractivity contribution in [3.63, 3.8) is 0 Å². The van der Waals surface area contributed by atoms with E-state index in [9.17, 15) is 0 Å². The number of aryl methyl sites for hydroxylation is 1. The summed E-state index contributed by atoms with van der Waals surface area (Å²) in [6, 6.07) is 34.6. The highest BCUT2D eigenvalue weighted by molar-refractivity contribution is 5.92. The quantitative estimate of drug-likeness (QED) is 0.227. The van der Waals surface area contributed by atoms with Gasteiger partial charge in [-0.05, 0) is 124 Å². The molecule has 3 nitrogen and oxygen atoms in total. The first-order valence-corrected chi connectivity index (χ1v) is 16.3. The molecular weight excluding hydrogens is 546 g/mol. The topological polar surface area (TPSA) is 34.1 Å². The summed E-state index contributed by atoms with van der Waals surface area (Å²) in [7, 11) is 4.25. The first kappa shape index (κ1) is 27.9. The lowest BCUT2D eigenvalue weighted by molar-refractivity contribution is -0.254. The lowest BCUT2D eigenvalue weighted by Gasteiger charge is -2.43. The van der Waals surface area contributed by atoms with Gasteiger partial charge in [0.25, 0.3) is 0 Å². The van der Waals surface area contributed by atoms with Crippen LogP contribution in [0, 0.1) is 6.92 Å². The van der Waals surface area contributed by atoms with Gasteiger partial charge in [-0.25, -0.2) is 0 Å². The van der Waals surface area contributed by atoms with E-state index in [2.05, 4.69) is 160 Å². The fourth-order valence-electron chi connectivity index (χ4n) is 8.18. The smallest absolute Gasteiger partial charge is 0.128 e. The molecule has 3 aliphatic rings. The van der Waals surface area contributed by atoms with Crippen LogP contribution in [0.5, 0.6) is 0 Å². The Kier molecular flexibility index (Phi) is 6.17. The van der Waals surface area contributed by atoms with Gasteiger partial charge in [-0.1, -0.05) is 68.0 Å². The molecule has 0 aromatic heterocycles. The van der Waals surface area contributed by atoms with Gasteiger partial charge in [-0.2, -0.15) is 0 Å². The average molecular weight is 589 g/mol. The number of allylic oxidation sites excluding steroid dienone is 2. The number of nitrogens with zero attached hydrogens (tertiary/aromatic N) is 2. The van der Waals surface area contributed by atoms with Gasteiger partial charge in [0.2, 0.25) is 0 Å². The number of hydrogen-bond acceptors (Lipinski definition) is 2.